The molecule has 1 N–H and O–H groups in total. The summed E-state index contributed by atoms with van der Waals surface area (Å²) in [7, 11) is 0. The molecule has 2 heterocycles. The number of rotatable bonds is 0. The first-order chi connectivity index (χ1) is 6.86. The predicted molar refractivity (Wildman–Crippen MR) is 62.7 cm³/mol. The van der Waals surface area contributed by atoms with E-state index >= 15 is 0 Å². The van der Waals surface area contributed by atoms with Crippen LogP contribution in [0.5, 0.6) is 0 Å². The van der Waals surface area contributed by atoms with Crippen molar-refractivity contribution in [2.45, 2.75) is 6.54 Å². The van der Waals surface area contributed by atoms with E-state index in [1.807, 2.05) is 29.7 Å². The lowest BCUT2D eigenvalue weighted by Gasteiger charge is -2.06. The Balaban J connectivity index is 2.45. The van der Waals surface area contributed by atoms with Crippen molar-refractivity contribution in [3.63, 3.8) is 0 Å². The lowest BCUT2D eigenvalue weighted by molar-refractivity contribution is 0.878. The number of hydrogen-bond acceptors (Lipinski definition) is 2. The summed E-state index contributed by atoms with van der Waals surface area (Å²) in [5, 5.41) is 5.26. The van der Waals surface area contributed by atoms with Crippen molar-refractivity contribution in [1.82, 2.24) is 5.32 Å². The van der Waals surface area contributed by atoms with E-state index < -0.39 is 0 Å². The van der Waals surface area contributed by atoms with Gasteiger partial charge in [-0.1, -0.05) is 17.7 Å². The van der Waals surface area contributed by atoms with Gasteiger partial charge in [0.25, 0.3) is 0 Å². The van der Waals surface area contributed by atoms with Crippen LogP contribution in [0.3, 0.4) is 0 Å². The summed E-state index contributed by atoms with van der Waals surface area (Å²) < 4.78 is 1.27. The molecule has 1 aliphatic rings. The Morgan fingerprint density at radius 1 is 1.36 bits per heavy atom. The Labute approximate surface area is 91.0 Å². The molecule has 3 heteroatoms. The number of hydrogen-bond donors (Lipinski definition) is 1. The smallest absolute Gasteiger partial charge is 0.0499 e. The molecule has 0 bridgehead atoms. The molecule has 0 saturated carbocycles. The highest BCUT2D eigenvalue weighted by atomic mass is 35.5. The summed E-state index contributed by atoms with van der Waals surface area (Å²) in [5.74, 6) is 0. The van der Waals surface area contributed by atoms with Crippen LogP contribution >= 0.6 is 22.9 Å². The van der Waals surface area contributed by atoms with Gasteiger partial charge < -0.3 is 5.32 Å². The first-order valence-corrected chi connectivity index (χ1v) is 5.65. The Morgan fingerprint density at radius 2 is 2.29 bits per heavy atom. The minimum atomic E-state index is 0.853. The standard InChI is InChI=1S/C11H8ClNS/c12-8-2-1-3-9-11(8)7-4-5-13-6-10(7)14-9/h1-5,13H,6H2. The third kappa shape index (κ3) is 1.08. The molecule has 1 aliphatic heterocycles. The maximum Gasteiger partial charge on any atom is 0.0499 e. The fourth-order valence-corrected chi connectivity index (χ4v) is 3.28. The molecule has 0 unspecified atom stereocenters. The zero-order chi connectivity index (χ0) is 9.54. The maximum absolute atomic E-state index is 6.19. The van der Waals surface area contributed by atoms with Gasteiger partial charge in [0, 0.05) is 32.1 Å². The van der Waals surface area contributed by atoms with E-state index in [2.05, 4.69) is 17.5 Å². The fourth-order valence-electron chi connectivity index (χ4n) is 1.78. The van der Waals surface area contributed by atoms with Crippen LogP contribution in [0.1, 0.15) is 10.4 Å². The van der Waals surface area contributed by atoms with E-state index in [9.17, 15) is 0 Å². The molecule has 0 fully saturated rings. The van der Waals surface area contributed by atoms with Gasteiger partial charge in [-0.15, -0.1) is 11.3 Å². The lowest BCUT2D eigenvalue weighted by Crippen LogP contribution is -2.07. The van der Waals surface area contributed by atoms with Crippen LogP contribution in [-0.2, 0) is 6.54 Å². The van der Waals surface area contributed by atoms with Gasteiger partial charge in [-0.3, -0.25) is 0 Å². The molecule has 1 aromatic heterocycles. The molecule has 0 atom stereocenters. The van der Waals surface area contributed by atoms with Crippen molar-refractivity contribution in [1.29, 1.82) is 0 Å². The summed E-state index contributed by atoms with van der Waals surface area (Å²) in [6, 6.07) is 6.08. The SMILES string of the molecule is Clc1cccc2sc3c(c12)C=CNC3. The summed E-state index contributed by atoms with van der Waals surface area (Å²) >= 11 is 8.00. The second-order valence-corrected chi connectivity index (χ2v) is 4.81. The van der Waals surface area contributed by atoms with Gasteiger partial charge in [-0.2, -0.15) is 0 Å². The predicted octanol–water partition coefficient (Wildman–Crippen LogP) is 3.63. The average Bonchev–Trinajstić information content (AvgIpc) is 2.57. The monoisotopic (exact) mass is 221 g/mol. The van der Waals surface area contributed by atoms with E-state index in [4.69, 9.17) is 11.6 Å². The molecule has 1 aromatic carbocycles. The second kappa shape index (κ2) is 3.01. The topological polar surface area (TPSA) is 12.0 Å². The highest BCUT2D eigenvalue weighted by Gasteiger charge is 2.13. The summed E-state index contributed by atoms with van der Waals surface area (Å²) in [4.78, 5) is 1.37. The molecule has 0 spiro atoms. The molecular formula is C11H8ClNS. The summed E-state index contributed by atoms with van der Waals surface area (Å²) in [6.45, 7) is 0.918. The number of thiophene rings is 1. The van der Waals surface area contributed by atoms with E-state index in [0.29, 0.717) is 0 Å². The Kier molecular flexibility index (Phi) is 1.79. The zero-order valence-corrected chi connectivity index (χ0v) is 8.95. The van der Waals surface area contributed by atoms with Crippen LogP contribution in [0.25, 0.3) is 16.2 Å². The first kappa shape index (κ1) is 8.33. The molecule has 0 aliphatic carbocycles. The number of halogens is 1. The van der Waals surface area contributed by atoms with Crippen LogP contribution < -0.4 is 5.32 Å². The molecule has 2 aromatic rings. The van der Waals surface area contributed by atoms with Crippen LogP contribution in [0.4, 0.5) is 0 Å². The molecule has 70 valence electrons. The van der Waals surface area contributed by atoms with E-state index in [-0.39, 0.29) is 0 Å². The zero-order valence-electron chi connectivity index (χ0n) is 7.38. The molecule has 1 nitrogen and oxygen atoms in total. The molecule has 3 rings (SSSR count). The third-order valence-electron chi connectivity index (χ3n) is 2.41. The fraction of sp³-hybridized carbons (Fsp3) is 0.0909. The first-order valence-electron chi connectivity index (χ1n) is 4.46. The van der Waals surface area contributed by atoms with Crippen LogP contribution in [0, 0.1) is 0 Å². The lowest BCUT2D eigenvalue weighted by atomic mass is 10.1. The Bertz CT molecular complexity index is 527. The van der Waals surface area contributed by atoms with Gasteiger partial charge >= 0.3 is 0 Å². The van der Waals surface area contributed by atoms with Crippen LogP contribution in [-0.4, -0.2) is 0 Å². The van der Waals surface area contributed by atoms with E-state index in [1.54, 1.807) is 0 Å². The molecule has 0 radical (unpaired) electrons. The molecular weight excluding hydrogens is 214 g/mol. The second-order valence-electron chi connectivity index (χ2n) is 3.27. The van der Waals surface area contributed by atoms with Gasteiger partial charge in [-0.25, -0.2) is 0 Å². The van der Waals surface area contributed by atoms with Crippen molar-refractivity contribution in [3.05, 3.63) is 39.9 Å². The van der Waals surface area contributed by atoms with Crippen molar-refractivity contribution in [3.8, 4) is 0 Å². The highest BCUT2D eigenvalue weighted by Crippen LogP contribution is 2.37. The molecule has 0 saturated heterocycles. The van der Waals surface area contributed by atoms with E-state index in [1.165, 1.54) is 20.5 Å². The summed E-state index contributed by atoms with van der Waals surface area (Å²) in [6.07, 6.45) is 4.08. The third-order valence-corrected chi connectivity index (χ3v) is 3.89. The van der Waals surface area contributed by atoms with Gasteiger partial charge in [0.15, 0.2) is 0 Å². The summed E-state index contributed by atoms with van der Waals surface area (Å²) in [5.41, 5.74) is 1.29. The van der Waals surface area contributed by atoms with Crippen molar-refractivity contribution in [2.75, 3.05) is 0 Å². The molecule has 0 amide bonds. The normalized spacial score (nSPS) is 14.1. The van der Waals surface area contributed by atoms with Gasteiger partial charge in [0.1, 0.15) is 0 Å². The Morgan fingerprint density at radius 3 is 3.21 bits per heavy atom. The number of fused-ring (bicyclic) bond motifs is 3. The molecule has 14 heavy (non-hydrogen) atoms. The average molecular weight is 222 g/mol. The Hall–Kier alpha value is -0.990. The highest BCUT2D eigenvalue weighted by molar-refractivity contribution is 7.19. The van der Waals surface area contributed by atoms with Crippen molar-refractivity contribution < 1.29 is 0 Å². The number of benzene rings is 1. The van der Waals surface area contributed by atoms with E-state index in [0.717, 1.165) is 11.6 Å². The van der Waals surface area contributed by atoms with Gasteiger partial charge in [-0.05, 0) is 24.4 Å². The van der Waals surface area contributed by atoms with Crippen molar-refractivity contribution >= 4 is 39.1 Å². The number of nitrogens with one attached hydrogen (secondary N) is 1. The van der Waals surface area contributed by atoms with Gasteiger partial charge in [0.05, 0.1) is 0 Å². The minimum Gasteiger partial charge on any atom is -0.386 e. The maximum atomic E-state index is 6.19. The quantitative estimate of drug-likeness (QED) is 0.717. The largest absolute Gasteiger partial charge is 0.386 e. The van der Waals surface area contributed by atoms with Crippen molar-refractivity contribution in [2.24, 2.45) is 0 Å². The van der Waals surface area contributed by atoms with Crippen LogP contribution in [0.2, 0.25) is 5.02 Å². The van der Waals surface area contributed by atoms with Gasteiger partial charge in [0.2, 0.25) is 0 Å². The van der Waals surface area contributed by atoms with Crippen LogP contribution in [0.15, 0.2) is 24.4 Å². The minimum absolute atomic E-state index is 0.853.